The van der Waals surface area contributed by atoms with E-state index >= 15 is 0 Å². The van der Waals surface area contributed by atoms with Gasteiger partial charge in [0.15, 0.2) is 0 Å². The number of nitrogens with zero attached hydrogens (tertiary/aromatic N) is 2. The summed E-state index contributed by atoms with van der Waals surface area (Å²) in [6.45, 7) is 37.0. The van der Waals surface area contributed by atoms with E-state index < -0.39 is 0 Å². The van der Waals surface area contributed by atoms with E-state index in [2.05, 4.69) is 247 Å². The second-order valence-corrected chi connectivity index (χ2v) is 30.6. The lowest BCUT2D eigenvalue weighted by atomic mass is 9.32. The van der Waals surface area contributed by atoms with Crippen LogP contribution in [0.3, 0.4) is 0 Å². The van der Waals surface area contributed by atoms with Crippen LogP contribution in [0, 0.1) is 34.0 Å². The summed E-state index contributed by atoms with van der Waals surface area (Å²) in [4.78, 5) is 5.64. The first-order valence-electron chi connectivity index (χ1n) is 30.7. The Morgan fingerprint density at radius 2 is 1.35 bits per heavy atom. The van der Waals surface area contributed by atoms with Gasteiger partial charge < -0.3 is 14.2 Å². The van der Waals surface area contributed by atoms with Gasteiger partial charge in [0.1, 0.15) is 5.76 Å². The zero-order chi connectivity index (χ0) is 55.6. The highest BCUT2D eigenvalue weighted by Gasteiger charge is 2.65. The van der Waals surface area contributed by atoms with Crippen molar-refractivity contribution in [3.63, 3.8) is 0 Å². The van der Waals surface area contributed by atoms with E-state index in [4.69, 9.17) is 4.42 Å². The zero-order valence-electron chi connectivity index (χ0n) is 50.8. The van der Waals surface area contributed by atoms with Crippen molar-refractivity contribution in [1.82, 2.24) is 0 Å². The molecule has 6 aliphatic carbocycles. The fourth-order valence-electron chi connectivity index (χ4n) is 16.6. The summed E-state index contributed by atoms with van der Waals surface area (Å²) in [6, 6.07) is 38.3. The predicted octanol–water partition coefficient (Wildman–Crippen LogP) is 18.8. The molecule has 8 aliphatic rings. The first-order valence-corrected chi connectivity index (χ1v) is 30.7. The standard InChI is InChI=1S/C75H89BN2O/c1-47(49-25-19-16-20-26-49)54(50-27-21-17-22-28-50)41-48-42-61-65-62(43-48)78(63-36-35-55(70(5,6)7)58-46-75(58,63)52-29-23-18-24-30-52)66-64-67(74(14,15)40-39-73(64,12)13)79-68(66)76(65)59-44-56-57(72(10,11)38-37-71(56,8)9)45-60(59)77(61)53-33-31-51(32-34-53)69(2,3)4/h16-19,21-25,27-36,42-43,45,47,54,56,58H,20,26,37-41,44,46H2,1-15H3. The molecule has 3 nitrogen and oxygen atoms in total. The first-order chi connectivity index (χ1) is 37.3. The highest BCUT2D eigenvalue weighted by atomic mass is 16.3. The van der Waals surface area contributed by atoms with Crippen molar-refractivity contribution in [3.8, 4) is 0 Å². The largest absolute Gasteiger partial charge is 0.472 e. The van der Waals surface area contributed by atoms with E-state index in [1.807, 2.05) is 0 Å². The molecule has 4 heteroatoms. The summed E-state index contributed by atoms with van der Waals surface area (Å²) in [6.07, 6.45) is 24.9. The molecule has 0 N–H and O–H groups in total. The lowest BCUT2D eigenvalue weighted by Crippen LogP contribution is -2.58. The Morgan fingerprint density at radius 3 is 2.01 bits per heavy atom. The number of benzene rings is 4. The smallest absolute Gasteiger partial charge is 0.293 e. The van der Waals surface area contributed by atoms with E-state index in [9.17, 15) is 0 Å². The maximum absolute atomic E-state index is 8.07. The monoisotopic (exact) mass is 1040 g/mol. The Hall–Kier alpha value is -5.74. The van der Waals surface area contributed by atoms with Crippen LogP contribution in [-0.4, -0.2) is 6.71 Å². The SMILES string of the molecule is CC(C1=CC=CCC1)C(Cc1cc2c3c(c1)N(C1=CC=C(C(C)(C)C)C4CC14c1ccccc1)c1c(oc4c1C(C)(C)CCC4(C)C)B3C1=C(C=C3C(C1)C(C)(C)CCC3(C)C)N2c1ccc(C(C)(C)C)cc1)c1ccccc1. The highest BCUT2D eigenvalue weighted by molar-refractivity contribution is 6.94. The minimum Gasteiger partial charge on any atom is -0.472 e. The van der Waals surface area contributed by atoms with Crippen LogP contribution in [0.5, 0.6) is 0 Å². The Bertz CT molecular complexity index is 3480. The lowest BCUT2D eigenvalue weighted by molar-refractivity contribution is 0.122. The first kappa shape index (κ1) is 52.6. The summed E-state index contributed by atoms with van der Waals surface area (Å²) in [5.41, 5.74) is 23.8. The van der Waals surface area contributed by atoms with Crippen LogP contribution < -0.4 is 20.9 Å². The molecule has 0 bridgehead atoms. The maximum atomic E-state index is 8.07. The number of fused-ring (bicyclic) bond motifs is 7. The number of rotatable bonds is 8. The van der Waals surface area contributed by atoms with Crippen molar-refractivity contribution >= 4 is 40.6 Å². The van der Waals surface area contributed by atoms with Gasteiger partial charge in [-0.2, -0.15) is 0 Å². The topological polar surface area (TPSA) is 19.6 Å². The van der Waals surface area contributed by atoms with E-state index in [0.29, 0.717) is 17.8 Å². The third kappa shape index (κ3) is 8.23. The number of anilines is 4. The lowest BCUT2D eigenvalue weighted by Gasteiger charge is -2.53. The van der Waals surface area contributed by atoms with Crippen molar-refractivity contribution in [2.45, 2.75) is 189 Å². The summed E-state index contributed by atoms with van der Waals surface area (Å²) in [5.74, 6) is 2.68. The second kappa shape index (κ2) is 17.9. The molecule has 0 saturated heterocycles. The molecule has 2 fully saturated rings. The third-order valence-corrected chi connectivity index (χ3v) is 21.7. The quantitative estimate of drug-likeness (QED) is 0.144. The minimum atomic E-state index is -0.200. The Morgan fingerprint density at radius 1 is 0.696 bits per heavy atom. The molecule has 408 valence electrons. The van der Waals surface area contributed by atoms with Gasteiger partial charge in [-0.15, -0.1) is 0 Å². The van der Waals surface area contributed by atoms with Crippen molar-refractivity contribution in [2.75, 3.05) is 9.80 Å². The molecule has 0 radical (unpaired) electrons. The zero-order valence-corrected chi connectivity index (χ0v) is 50.8. The molecular weight excluding hydrogens is 956 g/mol. The fraction of sp³-hybridized carbons (Fsp3) is 0.467. The van der Waals surface area contributed by atoms with Crippen LogP contribution in [0.25, 0.3) is 0 Å². The molecule has 4 aromatic carbocycles. The van der Waals surface area contributed by atoms with Crippen molar-refractivity contribution in [1.29, 1.82) is 0 Å². The van der Waals surface area contributed by atoms with Gasteiger partial charge in [-0.25, -0.2) is 0 Å². The van der Waals surface area contributed by atoms with Gasteiger partial charge in [0, 0.05) is 44.8 Å². The van der Waals surface area contributed by atoms with E-state index in [1.54, 1.807) is 16.7 Å². The molecular formula is C75H89BN2O. The number of furan rings is 1. The predicted molar refractivity (Wildman–Crippen MR) is 335 cm³/mol. The van der Waals surface area contributed by atoms with Gasteiger partial charge in [0.25, 0.3) is 6.71 Å². The molecule has 5 atom stereocenters. The van der Waals surface area contributed by atoms with Crippen molar-refractivity contribution in [3.05, 3.63) is 201 Å². The number of hydrogen-bond acceptors (Lipinski definition) is 3. The van der Waals surface area contributed by atoms with Crippen LogP contribution in [0.4, 0.5) is 22.7 Å². The van der Waals surface area contributed by atoms with Gasteiger partial charge in [0.2, 0.25) is 0 Å². The van der Waals surface area contributed by atoms with Gasteiger partial charge >= 0.3 is 0 Å². The Labute approximate surface area is 476 Å². The molecule has 5 unspecified atom stereocenters. The maximum Gasteiger partial charge on any atom is 0.293 e. The van der Waals surface area contributed by atoms with E-state index in [0.717, 1.165) is 44.9 Å². The second-order valence-electron chi connectivity index (χ2n) is 30.6. The number of hydrogen-bond donors (Lipinski definition) is 0. The minimum absolute atomic E-state index is 0.0285. The van der Waals surface area contributed by atoms with Crippen LogP contribution in [-0.2, 0) is 28.1 Å². The van der Waals surface area contributed by atoms with Crippen LogP contribution in [0.2, 0.25) is 0 Å². The average molecular weight is 1050 g/mol. The van der Waals surface area contributed by atoms with Crippen molar-refractivity contribution in [2.24, 2.45) is 34.0 Å². The van der Waals surface area contributed by atoms with Gasteiger partial charge in [0.05, 0.1) is 11.3 Å². The van der Waals surface area contributed by atoms with E-state index in [1.165, 1.54) is 97.2 Å². The van der Waals surface area contributed by atoms with Gasteiger partial charge in [-0.05, 0) is 173 Å². The van der Waals surface area contributed by atoms with Crippen molar-refractivity contribution < 1.29 is 4.42 Å². The summed E-state index contributed by atoms with van der Waals surface area (Å²) < 4.78 is 8.07. The fourth-order valence-corrected chi connectivity index (χ4v) is 16.6. The summed E-state index contributed by atoms with van der Waals surface area (Å²) in [5, 5.41) is 0. The molecule has 0 spiro atoms. The van der Waals surface area contributed by atoms with Gasteiger partial charge in [-0.3, -0.25) is 0 Å². The molecule has 79 heavy (non-hydrogen) atoms. The number of allylic oxidation sites excluding steroid dienone is 11. The van der Waals surface area contributed by atoms with Gasteiger partial charge in [-0.1, -0.05) is 223 Å². The molecule has 13 rings (SSSR count). The molecule has 2 aliphatic heterocycles. The van der Waals surface area contributed by atoms with Crippen LogP contribution >= 0.6 is 0 Å². The molecule has 1 aromatic heterocycles. The Kier molecular flexibility index (Phi) is 11.9. The summed E-state index contributed by atoms with van der Waals surface area (Å²) >= 11 is 0. The Balaban J connectivity index is 1.16. The molecule has 3 heterocycles. The molecule has 0 amide bonds. The van der Waals surface area contributed by atoms with Crippen LogP contribution in [0.15, 0.2) is 172 Å². The summed E-state index contributed by atoms with van der Waals surface area (Å²) in [7, 11) is 0. The average Bonchev–Trinajstić information content (AvgIpc) is 2.78. The third-order valence-electron chi connectivity index (χ3n) is 21.7. The normalized spacial score (nSPS) is 25.5. The van der Waals surface area contributed by atoms with E-state index in [-0.39, 0.29) is 50.5 Å². The molecule has 5 aromatic rings. The highest BCUT2D eigenvalue weighted by Crippen LogP contribution is 2.69. The van der Waals surface area contributed by atoms with Crippen LogP contribution in [0.1, 0.15) is 195 Å². The molecule has 2 saturated carbocycles.